The van der Waals surface area contributed by atoms with Gasteiger partial charge in [-0.05, 0) is 60.2 Å². The van der Waals surface area contributed by atoms with Crippen LogP contribution in [-0.4, -0.2) is 51.6 Å². The number of benzene rings is 3. The van der Waals surface area contributed by atoms with Crippen molar-refractivity contribution in [1.29, 1.82) is 0 Å². The number of carbonyl (C=O) groups is 3. The van der Waals surface area contributed by atoms with Crippen LogP contribution in [0.15, 0.2) is 65.8 Å². The van der Waals surface area contributed by atoms with Crippen molar-refractivity contribution in [3.8, 4) is 28.7 Å². The van der Waals surface area contributed by atoms with E-state index in [2.05, 4.69) is 15.8 Å². The Labute approximate surface area is 211 Å². The summed E-state index contributed by atoms with van der Waals surface area (Å²) in [7, 11) is 2.94. The molecule has 2 N–H and O–H groups in total. The molecule has 3 aromatic carbocycles. The Bertz CT molecular complexity index is 1360. The van der Waals surface area contributed by atoms with Crippen LogP contribution in [0.3, 0.4) is 0 Å². The fraction of sp³-hybridized carbons (Fsp3) is 0.154. The number of rotatable bonds is 9. The van der Waals surface area contributed by atoms with E-state index < -0.39 is 17.8 Å². The number of carbonyl (C=O) groups excluding carboxylic acids is 3. The second kappa shape index (κ2) is 11.6. The highest BCUT2D eigenvalue weighted by molar-refractivity contribution is 5.97. The number of nitrogens with one attached hydrogen (secondary N) is 2. The van der Waals surface area contributed by atoms with E-state index in [4.69, 9.17) is 23.7 Å². The van der Waals surface area contributed by atoms with Crippen molar-refractivity contribution in [3.63, 3.8) is 0 Å². The van der Waals surface area contributed by atoms with Gasteiger partial charge in [-0.3, -0.25) is 9.59 Å². The quantitative estimate of drug-likeness (QED) is 0.196. The zero-order valence-corrected chi connectivity index (χ0v) is 20.0. The zero-order chi connectivity index (χ0) is 26.2. The van der Waals surface area contributed by atoms with Crippen LogP contribution in [0.4, 0.5) is 0 Å². The highest BCUT2D eigenvalue weighted by atomic mass is 16.7. The molecule has 11 nitrogen and oxygen atoms in total. The summed E-state index contributed by atoms with van der Waals surface area (Å²) in [4.78, 5) is 36.8. The van der Waals surface area contributed by atoms with Crippen LogP contribution in [0.1, 0.15) is 26.3 Å². The molecule has 0 saturated carbocycles. The van der Waals surface area contributed by atoms with Gasteiger partial charge in [0, 0.05) is 5.56 Å². The molecule has 190 valence electrons. The summed E-state index contributed by atoms with van der Waals surface area (Å²) in [5.74, 6) is 0.519. The summed E-state index contributed by atoms with van der Waals surface area (Å²) in [6, 6.07) is 16.1. The van der Waals surface area contributed by atoms with E-state index in [1.165, 1.54) is 20.4 Å². The van der Waals surface area contributed by atoms with Crippen molar-refractivity contribution in [1.82, 2.24) is 10.7 Å². The standard InChI is InChI=1S/C26H23N3O8/c1-33-19-5-3-4-18(11-19)26(32)37-21-8-6-16(10-22(21)34-2)13-28-29-24(30)14-27-25(31)17-7-9-20-23(12-17)36-15-35-20/h3-13H,14-15H2,1-2H3,(H,27,31)(H,29,30)/b28-13+. The Morgan fingerprint density at radius 1 is 0.919 bits per heavy atom. The summed E-state index contributed by atoms with van der Waals surface area (Å²) in [6.45, 7) is -0.184. The first kappa shape index (κ1) is 25.0. The fourth-order valence-electron chi connectivity index (χ4n) is 3.28. The molecule has 4 rings (SSSR count). The van der Waals surface area contributed by atoms with E-state index in [1.54, 1.807) is 60.7 Å². The van der Waals surface area contributed by atoms with Crippen molar-refractivity contribution >= 4 is 24.0 Å². The van der Waals surface area contributed by atoms with Crippen LogP contribution < -0.4 is 34.4 Å². The predicted molar refractivity (Wildman–Crippen MR) is 132 cm³/mol. The Hall–Kier alpha value is -5.06. The summed E-state index contributed by atoms with van der Waals surface area (Å²) in [5, 5.41) is 6.39. The number of hydrogen-bond acceptors (Lipinski definition) is 9. The third-order valence-corrected chi connectivity index (χ3v) is 5.14. The molecule has 2 amide bonds. The second-order valence-electron chi connectivity index (χ2n) is 7.58. The monoisotopic (exact) mass is 505 g/mol. The van der Waals surface area contributed by atoms with Gasteiger partial charge in [0.15, 0.2) is 23.0 Å². The molecular weight excluding hydrogens is 482 g/mol. The molecule has 0 radical (unpaired) electrons. The maximum Gasteiger partial charge on any atom is 0.343 e. The van der Waals surface area contributed by atoms with E-state index in [0.29, 0.717) is 39.7 Å². The lowest BCUT2D eigenvalue weighted by Crippen LogP contribution is -2.34. The van der Waals surface area contributed by atoms with E-state index in [0.717, 1.165) is 0 Å². The van der Waals surface area contributed by atoms with E-state index in [-0.39, 0.29) is 19.1 Å². The van der Waals surface area contributed by atoms with Crippen LogP contribution in [0.2, 0.25) is 0 Å². The van der Waals surface area contributed by atoms with Crippen LogP contribution >= 0.6 is 0 Å². The molecule has 1 aliphatic rings. The topological polar surface area (TPSA) is 134 Å². The van der Waals surface area contributed by atoms with Crippen molar-refractivity contribution in [2.24, 2.45) is 5.10 Å². The van der Waals surface area contributed by atoms with Crippen LogP contribution in [0.25, 0.3) is 0 Å². The first-order chi connectivity index (χ1) is 18.0. The third kappa shape index (κ3) is 6.34. The van der Waals surface area contributed by atoms with Gasteiger partial charge in [-0.1, -0.05) is 6.07 Å². The summed E-state index contributed by atoms with van der Waals surface area (Å²) in [5.41, 5.74) is 3.55. The number of ether oxygens (including phenoxy) is 5. The highest BCUT2D eigenvalue weighted by Gasteiger charge is 2.17. The molecule has 0 unspecified atom stereocenters. The van der Waals surface area contributed by atoms with Crippen LogP contribution in [0, 0.1) is 0 Å². The predicted octanol–water partition coefficient (Wildman–Crippen LogP) is 2.53. The van der Waals surface area contributed by atoms with Gasteiger partial charge in [-0.25, -0.2) is 10.2 Å². The number of hydrogen-bond donors (Lipinski definition) is 2. The SMILES string of the molecule is COc1cccc(C(=O)Oc2ccc(/C=N/NC(=O)CNC(=O)c3ccc4c(c3)OCO4)cc2OC)c1. The summed E-state index contributed by atoms with van der Waals surface area (Å²) in [6.07, 6.45) is 1.38. The maximum atomic E-state index is 12.5. The molecular formula is C26H23N3O8. The van der Waals surface area contributed by atoms with Crippen LogP contribution in [-0.2, 0) is 4.79 Å². The normalized spacial score (nSPS) is 11.6. The lowest BCUT2D eigenvalue weighted by molar-refractivity contribution is -0.120. The van der Waals surface area contributed by atoms with Gasteiger partial charge in [-0.2, -0.15) is 5.10 Å². The lowest BCUT2D eigenvalue weighted by Gasteiger charge is -2.10. The van der Waals surface area contributed by atoms with Gasteiger partial charge >= 0.3 is 5.97 Å². The molecule has 11 heteroatoms. The third-order valence-electron chi connectivity index (χ3n) is 5.14. The molecule has 0 aliphatic carbocycles. The molecule has 3 aromatic rings. The first-order valence-corrected chi connectivity index (χ1v) is 11.0. The number of esters is 1. The largest absolute Gasteiger partial charge is 0.497 e. The molecule has 0 atom stereocenters. The fourth-order valence-corrected chi connectivity index (χ4v) is 3.28. The highest BCUT2D eigenvalue weighted by Crippen LogP contribution is 2.32. The van der Waals surface area contributed by atoms with E-state index in [9.17, 15) is 14.4 Å². The minimum Gasteiger partial charge on any atom is -0.497 e. The van der Waals surface area contributed by atoms with Gasteiger partial charge < -0.3 is 29.0 Å². The Morgan fingerprint density at radius 3 is 2.57 bits per heavy atom. The number of fused-ring (bicyclic) bond motifs is 1. The molecule has 0 fully saturated rings. The minimum absolute atomic E-state index is 0.101. The van der Waals surface area contributed by atoms with Gasteiger partial charge in [0.05, 0.1) is 32.5 Å². The Kier molecular flexibility index (Phi) is 7.84. The summed E-state index contributed by atoms with van der Waals surface area (Å²) >= 11 is 0. The van der Waals surface area contributed by atoms with Gasteiger partial charge in [0.25, 0.3) is 11.8 Å². The molecule has 1 aliphatic heterocycles. The van der Waals surface area contributed by atoms with Crippen molar-refractivity contribution in [3.05, 3.63) is 77.4 Å². The zero-order valence-electron chi connectivity index (χ0n) is 20.0. The van der Waals surface area contributed by atoms with Gasteiger partial charge in [-0.15, -0.1) is 0 Å². The summed E-state index contributed by atoms with van der Waals surface area (Å²) < 4.78 is 26.3. The van der Waals surface area contributed by atoms with Gasteiger partial charge in [0.1, 0.15) is 5.75 Å². The van der Waals surface area contributed by atoms with E-state index in [1.807, 2.05) is 0 Å². The maximum absolute atomic E-state index is 12.5. The average Bonchev–Trinajstić information content (AvgIpc) is 3.40. The van der Waals surface area contributed by atoms with Crippen molar-refractivity contribution in [2.75, 3.05) is 27.6 Å². The van der Waals surface area contributed by atoms with Gasteiger partial charge in [0.2, 0.25) is 6.79 Å². The molecule has 0 bridgehead atoms. The smallest absolute Gasteiger partial charge is 0.343 e. The first-order valence-electron chi connectivity index (χ1n) is 11.0. The molecule has 0 aromatic heterocycles. The Morgan fingerprint density at radius 2 is 1.76 bits per heavy atom. The second-order valence-corrected chi connectivity index (χ2v) is 7.58. The number of methoxy groups -OCH3 is 2. The van der Waals surface area contributed by atoms with Crippen molar-refractivity contribution in [2.45, 2.75) is 0 Å². The van der Waals surface area contributed by atoms with E-state index >= 15 is 0 Å². The Balaban J connectivity index is 1.29. The molecule has 1 heterocycles. The molecule has 0 saturated heterocycles. The van der Waals surface area contributed by atoms with Crippen LogP contribution in [0.5, 0.6) is 28.7 Å². The molecule has 37 heavy (non-hydrogen) atoms. The lowest BCUT2D eigenvalue weighted by atomic mass is 10.2. The average molecular weight is 505 g/mol. The molecule has 0 spiro atoms. The number of amides is 2. The minimum atomic E-state index is -0.575. The van der Waals surface area contributed by atoms with Crippen molar-refractivity contribution < 1.29 is 38.1 Å². The number of hydrazone groups is 1. The number of nitrogens with zero attached hydrogens (tertiary/aromatic N) is 1.